The number of hydrogen-bond donors (Lipinski definition) is 0. The number of esters is 2. The fraction of sp³-hybridized carbons (Fsp3) is 0.375. The largest absolute Gasteiger partial charge is 0.465 e. The molecule has 0 amide bonds. The maximum Gasteiger partial charge on any atom is 0.338 e. The first-order valence-corrected chi connectivity index (χ1v) is 13.0. The summed E-state index contributed by atoms with van der Waals surface area (Å²) in [6, 6.07) is 24.2. The normalized spacial score (nSPS) is 12.7. The van der Waals surface area contributed by atoms with Gasteiger partial charge in [0, 0.05) is 5.92 Å². The quantitative estimate of drug-likeness (QED) is 0.271. The van der Waals surface area contributed by atoms with Crippen LogP contribution in [-0.4, -0.2) is 25.2 Å². The lowest BCUT2D eigenvalue weighted by Gasteiger charge is -2.28. The van der Waals surface area contributed by atoms with Crippen molar-refractivity contribution in [2.75, 3.05) is 13.2 Å². The number of hydrogen-bond acceptors (Lipinski definition) is 4. The van der Waals surface area contributed by atoms with E-state index >= 15 is 0 Å². The van der Waals surface area contributed by atoms with Crippen molar-refractivity contribution >= 4 is 11.9 Å². The number of carbonyl (C=O) groups excluding carboxylic acids is 2. The highest BCUT2D eigenvalue weighted by atomic mass is 16.5. The van der Waals surface area contributed by atoms with E-state index in [9.17, 15) is 9.59 Å². The highest BCUT2D eigenvalue weighted by molar-refractivity contribution is 5.89. The van der Waals surface area contributed by atoms with Crippen LogP contribution in [0.3, 0.4) is 0 Å². The average Bonchev–Trinajstić information content (AvgIpc) is 2.88. The maximum atomic E-state index is 13.5. The molecule has 0 saturated heterocycles. The molecule has 0 aliphatic carbocycles. The van der Waals surface area contributed by atoms with Crippen molar-refractivity contribution < 1.29 is 19.1 Å². The van der Waals surface area contributed by atoms with Gasteiger partial charge in [0.2, 0.25) is 0 Å². The molecule has 0 aliphatic rings. The number of ether oxygens (including phenoxy) is 2. The van der Waals surface area contributed by atoms with E-state index in [0.717, 1.165) is 29.5 Å². The van der Waals surface area contributed by atoms with Gasteiger partial charge in [0.1, 0.15) is 0 Å². The van der Waals surface area contributed by atoms with Crippen molar-refractivity contribution in [3.05, 3.63) is 106 Å². The van der Waals surface area contributed by atoms with Gasteiger partial charge in [0.15, 0.2) is 0 Å². The molecule has 0 fully saturated rings. The highest BCUT2D eigenvalue weighted by Gasteiger charge is 2.34. The predicted molar refractivity (Wildman–Crippen MR) is 144 cm³/mol. The molecule has 0 heterocycles. The molecule has 2 atom stereocenters. The first kappa shape index (κ1) is 27.2. The zero-order valence-electron chi connectivity index (χ0n) is 22.1. The summed E-state index contributed by atoms with van der Waals surface area (Å²) in [5, 5.41) is 0. The Morgan fingerprint density at radius 3 is 1.67 bits per heavy atom. The minimum absolute atomic E-state index is 0.256. The molecule has 3 rings (SSSR count). The predicted octanol–water partition coefficient (Wildman–Crippen LogP) is 7.10. The van der Waals surface area contributed by atoms with E-state index in [0.29, 0.717) is 24.7 Å². The van der Waals surface area contributed by atoms with Gasteiger partial charge in [0.05, 0.1) is 24.7 Å². The van der Waals surface area contributed by atoms with Crippen LogP contribution in [0.5, 0.6) is 0 Å². The summed E-state index contributed by atoms with van der Waals surface area (Å²) >= 11 is 0. The summed E-state index contributed by atoms with van der Waals surface area (Å²) < 4.78 is 10.8. The zero-order valence-corrected chi connectivity index (χ0v) is 22.1. The third-order valence-corrected chi connectivity index (χ3v) is 6.38. The monoisotopic (exact) mass is 486 g/mol. The van der Waals surface area contributed by atoms with Gasteiger partial charge in [-0.15, -0.1) is 0 Å². The van der Waals surface area contributed by atoms with Crippen LogP contribution < -0.4 is 0 Å². The topological polar surface area (TPSA) is 52.6 Å². The second kappa shape index (κ2) is 13.1. The minimum Gasteiger partial charge on any atom is -0.465 e. The van der Waals surface area contributed by atoms with Crippen molar-refractivity contribution in [1.82, 2.24) is 0 Å². The second-order valence-corrected chi connectivity index (χ2v) is 9.48. The van der Waals surface area contributed by atoms with Crippen LogP contribution in [0.2, 0.25) is 0 Å². The number of aryl methyl sites for hydroxylation is 1. The highest BCUT2D eigenvalue weighted by Crippen LogP contribution is 2.40. The van der Waals surface area contributed by atoms with Gasteiger partial charge in [-0.05, 0) is 72.6 Å². The summed E-state index contributed by atoms with van der Waals surface area (Å²) in [5.41, 5.74) is 5.86. The molecule has 190 valence electrons. The number of carbonyl (C=O) groups is 2. The molecule has 36 heavy (non-hydrogen) atoms. The number of benzene rings is 3. The van der Waals surface area contributed by atoms with Gasteiger partial charge < -0.3 is 9.47 Å². The van der Waals surface area contributed by atoms with Gasteiger partial charge in [-0.1, -0.05) is 81.4 Å². The lowest BCUT2D eigenvalue weighted by molar-refractivity contribution is -0.145. The third-order valence-electron chi connectivity index (χ3n) is 6.38. The fourth-order valence-corrected chi connectivity index (χ4v) is 4.61. The van der Waals surface area contributed by atoms with Gasteiger partial charge in [-0.2, -0.15) is 0 Å². The summed E-state index contributed by atoms with van der Waals surface area (Å²) in [7, 11) is 0. The Labute approximate surface area is 215 Å². The smallest absolute Gasteiger partial charge is 0.338 e. The molecule has 0 saturated carbocycles. The van der Waals surface area contributed by atoms with Crippen molar-refractivity contribution in [3.8, 4) is 0 Å². The molecule has 0 N–H and O–H groups in total. The van der Waals surface area contributed by atoms with Crippen molar-refractivity contribution in [3.63, 3.8) is 0 Å². The summed E-state index contributed by atoms with van der Waals surface area (Å²) in [4.78, 5) is 25.7. The van der Waals surface area contributed by atoms with E-state index in [-0.39, 0.29) is 17.9 Å². The standard InChI is InChI=1S/C32H38O4/c1-6-23-9-13-25(14-10-23)29(26-17-19-28(20-18-26)31(33)35-7-2)30(32(34)36-8-3)27-15-11-24(12-16-27)21-22(4)5/h9-20,22,29-30H,6-8,21H2,1-5H3. The Kier molecular flexibility index (Phi) is 9.86. The van der Waals surface area contributed by atoms with Crippen LogP contribution in [0.25, 0.3) is 0 Å². The van der Waals surface area contributed by atoms with E-state index in [2.05, 4.69) is 69.3 Å². The lowest BCUT2D eigenvalue weighted by atomic mass is 9.76. The Morgan fingerprint density at radius 1 is 0.667 bits per heavy atom. The summed E-state index contributed by atoms with van der Waals surface area (Å²) in [6.07, 6.45) is 1.93. The van der Waals surface area contributed by atoms with E-state index in [1.54, 1.807) is 19.1 Å². The first-order valence-electron chi connectivity index (χ1n) is 13.0. The molecule has 4 heteroatoms. The van der Waals surface area contributed by atoms with Crippen LogP contribution in [0, 0.1) is 5.92 Å². The van der Waals surface area contributed by atoms with E-state index in [1.807, 2.05) is 19.1 Å². The maximum absolute atomic E-state index is 13.5. The summed E-state index contributed by atoms with van der Waals surface area (Å²) in [5.74, 6) is -0.857. The first-order chi connectivity index (χ1) is 17.4. The van der Waals surface area contributed by atoms with Crippen LogP contribution in [0.15, 0.2) is 72.8 Å². The van der Waals surface area contributed by atoms with E-state index < -0.39 is 5.92 Å². The van der Waals surface area contributed by atoms with E-state index in [1.165, 1.54) is 11.1 Å². The van der Waals surface area contributed by atoms with Crippen LogP contribution in [0.4, 0.5) is 0 Å². The van der Waals surface area contributed by atoms with E-state index in [4.69, 9.17) is 9.47 Å². The average molecular weight is 487 g/mol. The molecule has 3 aromatic rings. The summed E-state index contributed by atoms with van der Waals surface area (Å²) in [6.45, 7) is 10.8. The molecular formula is C32H38O4. The molecule has 0 radical (unpaired) electrons. The van der Waals surface area contributed by atoms with Crippen LogP contribution in [0.1, 0.15) is 84.6 Å². The van der Waals surface area contributed by atoms with Gasteiger partial charge in [-0.25, -0.2) is 4.79 Å². The molecule has 3 aromatic carbocycles. The molecule has 0 spiro atoms. The molecule has 2 unspecified atom stereocenters. The SMILES string of the molecule is CCOC(=O)c1ccc(C(c2ccc(CC)cc2)C(C(=O)OCC)c2ccc(CC(C)C)cc2)cc1. The van der Waals surface area contributed by atoms with Crippen molar-refractivity contribution in [2.45, 2.75) is 59.3 Å². The van der Waals surface area contributed by atoms with Crippen LogP contribution >= 0.6 is 0 Å². The Bertz CT molecular complexity index is 1110. The fourth-order valence-electron chi connectivity index (χ4n) is 4.61. The lowest BCUT2D eigenvalue weighted by Crippen LogP contribution is -2.24. The molecule has 4 nitrogen and oxygen atoms in total. The molecule has 0 aliphatic heterocycles. The third kappa shape index (κ3) is 6.84. The minimum atomic E-state index is -0.529. The van der Waals surface area contributed by atoms with Crippen LogP contribution in [-0.2, 0) is 27.1 Å². The number of rotatable bonds is 11. The molecule has 0 aromatic heterocycles. The van der Waals surface area contributed by atoms with Crippen molar-refractivity contribution in [1.29, 1.82) is 0 Å². The van der Waals surface area contributed by atoms with Crippen molar-refractivity contribution in [2.24, 2.45) is 5.92 Å². The zero-order chi connectivity index (χ0) is 26.1. The Hall–Kier alpha value is -3.40. The Balaban J connectivity index is 2.11. The van der Waals surface area contributed by atoms with Gasteiger partial charge in [-0.3, -0.25) is 4.79 Å². The van der Waals surface area contributed by atoms with Gasteiger partial charge in [0.25, 0.3) is 0 Å². The second-order valence-electron chi connectivity index (χ2n) is 9.48. The Morgan fingerprint density at radius 2 is 1.17 bits per heavy atom. The van der Waals surface area contributed by atoms with Gasteiger partial charge >= 0.3 is 11.9 Å². The molecular weight excluding hydrogens is 448 g/mol. The molecule has 0 bridgehead atoms.